The molecule has 2 aliphatic rings. The average Bonchev–Trinajstić information content (AvgIpc) is 3.42. The standard InChI is InChI=1S/C20H29N3O3/c1-5-20(8-9-20)13-21-18(24)11-15-12-26-17-7-6-14(19(25)22(2)3)10-16(17)23(15)4/h6-7,10,15H,5,8-9,11-13H2,1-4H3,(H,21,24)/t15-/m0/s1. The van der Waals surface area contributed by atoms with Crippen LogP contribution in [0.3, 0.4) is 0 Å². The summed E-state index contributed by atoms with van der Waals surface area (Å²) in [6, 6.07) is 5.42. The smallest absolute Gasteiger partial charge is 0.253 e. The summed E-state index contributed by atoms with van der Waals surface area (Å²) >= 11 is 0. The lowest BCUT2D eigenvalue weighted by atomic mass is 10.0. The molecule has 1 fully saturated rings. The summed E-state index contributed by atoms with van der Waals surface area (Å²) in [7, 11) is 5.42. The van der Waals surface area contributed by atoms with Crippen LogP contribution in [0.1, 0.15) is 43.0 Å². The molecule has 26 heavy (non-hydrogen) atoms. The third-order valence-corrected chi connectivity index (χ3v) is 5.76. The highest BCUT2D eigenvalue weighted by atomic mass is 16.5. The van der Waals surface area contributed by atoms with E-state index in [0.717, 1.165) is 24.4 Å². The van der Waals surface area contributed by atoms with Gasteiger partial charge in [-0.05, 0) is 42.9 Å². The van der Waals surface area contributed by atoms with Gasteiger partial charge in [0.25, 0.3) is 5.91 Å². The van der Waals surface area contributed by atoms with E-state index in [0.29, 0.717) is 24.0 Å². The lowest BCUT2D eigenvalue weighted by Crippen LogP contribution is -2.44. The Balaban J connectivity index is 1.64. The molecule has 3 rings (SSSR count). The first-order valence-electron chi connectivity index (χ1n) is 9.33. The molecular weight excluding hydrogens is 330 g/mol. The molecule has 6 nitrogen and oxygen atoms in total. The fourth-order valence-corrected chi connectivity index (χ4v) is 3.40. The van der Waals surface area contributed by atoms with E-state index in [-0.39, 0.29) is 17.9 Å². The zero-order chi connectivity index (χ0) is 18.9. The van der Waals surface area contributed by atoms with Gasteiger partial charge < -0.3 is 19.9 Å². The van der Waals surface area contributed by atoms with Crippen LogP contribution in [0.2, 0.25) is 0 Å². The van der Waals surface area contributed by atoms with Gasteiger partial charge >= 0.3 is 0 Å². The van der Waals surface area contributed by atoms with Crippen LogP contribution in [0.25, 0.3) is 0 Å². The maximum Gasteiger partial charge on any atom is 0.253 e. The van der Waals surface area contributed by atoms with Crippen molar-refractivity contribution in [2.75, 3.05) is 39.2 Å². The third kappa shape index (κ3) is 3.79. The fraction of sp³-hybridized carbons (Fsp3) is 0.600. The van der Waals surface area contributed by atoms with Gasteiger partial charge in [-0.2, -0.15) is 0 Å². The number of likely N-dealkylation sites (N-methyl/N-ethyl adjacent to an activating group) is 1. The van der Waals surface area contributed by atoms with Gasteiger partial charge in [-0.25, -0.2) is 0 Å². The van der Waals surface area contributed by atoms with Gasteiger partial charge in [-0.1, -0.05) is 6.92 Å². The van der Waals surface area contributed by atoms with Crippen LogP contribution in [-0.2, 0) is 4.79 Å². The average molecular weight is 359 g/mol. The number of carbonyl (C=O) groups excluding carboxylic acids is 2. The first kappa shape index (κ1) is 18.5. The van der Waals surface area contributed by atoms with Gasteiger partial charge in [0.15, 0.2) is 0 Å². The largest absolute Gasteiger partial charge is 0.489 e. The van der Waals surface area contributed by atoms with E-state index in [1.807, 2.05) is 19.2 Å². The number of rotatable bonds is 6. The molecule has 0 aromatic heterocycles. The summed E-state index contributed by atoms with van der Waals surface area (Å²) in [6.45, 7) is 3.43. The second-order valence-electron chi connectivity index (χ2n) is 7.79. The first-order chi connectivity index (χ1) is 12.3. The zero-order valence-electron chi connectivity index (χ0n) is 16.2. The van der Waals surface area contributed by atoms with Crippen molar-refractivity contribution in [3.05, 3.63) is 23.8 Å². The quantitative estimate of drug-likeness (QED) is 0.846. The number of carbonyl (C=O) groups is 2. The SMILES string of the molecule is CCC1(CNC(=O)C[C@H]2COc3ccc(C(=O)N(C)C)cc3N2C)CC1. The minimum Gasteiger partial charge on any atom is -0.489 e. The lowest BCUT2D eigenvalue weighted by molar-refractivity contribution is -0.121. The van der Waals surface area contributed by atoms with Crippen LogP contribution in [0.5, 0.6) is 5.75 Å². The predicted octanol–water partition coefficient (Wildman–Crippen LogP) is 2.28. The Morgan fingerprint density at radius 2 is 2.08 bits per heavy atom. The van der Waals surface area contributed by atoms with E-state index in [9.17, 15) is 9.59 Å². The minimum absolute atomic E-state index is 0.0380. The monoisotopic (exact) mass is 359 g/mol. The molecule has 0 spiro atoms. The summed E-state index contributed by atoms with van der Waals surface area (Å²) in [5.74, 6) is 0.770. The highest BCUT2D eigenvalue weighted by Gasteiger charge is 2.40. The van der Waals surface area contributed by atoms with Crippen molar-refractivity contribution in [1.82, 2.24) is 10.2 Å². The van der Waals surface area contributed by atoms with Crippen molar-refractivity contribution in [2.45, 2.75) is 38.6 Å². The van der Waals surface area contributed by atoms with E-state index in [2.05, 4.69) is 17.1 Å². The van der Waals surface area contributed by atoms with Gasteiger partial charge in [-0.15, -0.1) is 0 Å². The molecule has 1 saturated carbocycles. The minimum atomic E-state index is -0.0460. The van der Waals surface area contributed by atoms with Gasteiger partial charge in [0.05, 0.1) is 18.2 Å². The number of nitrogens with zero attached hydrogens (tertiary/aromatic N) is 2. The summed E-state index contributed by atoms with van der Waals surface area (Å²) in [5, 5.41) is 3.09. The molecule has 6 heteroatoms. The number of amides is 2. The molecule has 1 heterocycles. The van der Waals surface area contributed by atoms with Gasteiger partial charge in [0, 0.05) is 33.3 Å². The molecule has 0 radical (unpaired) electrons. The molecule has 142 valence electrons. The zero-order valence-corrected chi connectivity index (χ0v) is 16.2. The highest BCUT2D eigenvalue weighted by Crippen LogP contribution is 2.47. The molecule has 1 N–H and O–H groups in total. The Hall–Kier alpha value is -2.24. The normalized spacial score (nSPS) is 20.0. The van der Waals surface area contributed by atoms with Gasteiger partial charge in [0.2, 0.25) is 5.91 Å². The Morgan fingerprint density at radius 1 is 1.35 bits per heavy atom. The van der Waals surface area contributed by atoms with Crippen molar-refractivity contribution < 1.29 is 14.3 Å². The lowest BCUT2D eigenvalue weighted by Gasteiger charge is -2.36. The van der Waals surface area contributed by atoms with Crippen molar-refractivity contribution >= 4 is 17.5 Å². The fourth-order valence-electron chi connectivity index (χ4n) is 3.40. The van der Waals surface area contributed by atoms with Crippen LogP contribution in [0.4, 0.5) is 5.69 Å². The second-order valence-corrected chi connectivity index (χ2v) is 7.79. The van der Waals surface area contributed by atoms with Crippen LogP contribution in [-0.4, -0.2) is 57.1 Å². The molecule has 2 amide bonds. The maximum atomic E-state index is 12.4. The molecule has 1 aromatic rings. The number of ether oxygens (including phenoxy) is 1. The molecule has 0 saturated heterocycles. The number of anilines is 1. The van der Waals surface area contributed by atoms with E-state index < -0.39 is 0 Å². The number of fused-ring (bicyclic) bond motifs is 1. The van der Waals surface area contributed by atoms with E-state index >= 15 is 0 Å². The van der Waals surface area contributed by atoms with Crippen LogP contribution < -0.4 is 15.0 Å². The molecule has 0 bridgehead atoms. The van der Waals surface area contributed by atoms with Crippen LogP contribution in [0.15, 0.2) is 18.2 Å². The Labute approximate surface area is 155 Å². The summed E-state index contributed by atoms with van der Waals surface area (Å²) in [5.41, 5.74) is 1.82. The summed E-state index contributed by atoms with van der Waals surface area (Å²) in [6.07, 6.45) is 3.94. The Kier molecular flexibility index (Phi) is 5.12. The predicted molar refractivity (Wildman–Crippen MR) is 102 cm³/mol. The van der Waals surface area contributed by atoms with Crippen LogP contribution in [0, 0.1) is 5.41 Å². The number of hydrogen-bond donors (Lipinski definition) is 1. The second kappa shape index (κ2) is 7.17. The first-order valence-corrected chi connectivity index (χ1v) is 9.33. The van der Waals surface area contributed by atoms with Gasteiger partial charge in [-0.3, -0.25) is 9.59 Å². The third-order valence-electron chi connectivity index (χ3n) is 5.76. The van der Waals surface area contributed by atoms with Gasteiger partial charge in [0.1, 0.15) is 12.4 Å². The molecular formula is C20H29N3O3. The van der Waals surface area contributed by atoms with E-state index in [4.69, 9.17) is 4.74 Å². The maximum absolute atomic E-state index is 12.4. The van der Waals surface area contributed by atoms with Crippen molar-refractivity contribution in [1.29, 1.82) is 0 Å². The van der Waals surface area contributed by atoms with E-state index in [1.54, 1.807) is 25.1 Å². The molecule has 1 aliphatic heterocycles. The Morgan fingerprint density at radius 3 is 2.69 bits per heavy atom. The molecule has 1 aliphatic carbocycles. The van der Waals surface area contributed by atoms with E-state index in [1.165, 1.54) is 12.8 Å². The summed E-state index contributed by atoms with van der Waals surface area (Å²) < 4.78 is 5.83. The number of benzene rings is 1. The topological polar surface area (TPSA) is 61.9 Å². The van der Waals surface area contributed by atoms with Crippen LogP contribution >= 0.6 is 0 Å². The van der Waals surface area contributed by atoms with Crippen molar-refractivity contribution in [3.63, 3.8) is 0 Å². The molecule has 1 atom stereocenters. The van der Waals surface area contributed by atoms with Crippen molar-refractivity contribution in [3.8, 4) is 5.75 Å². The van der Waals surface area contributed by atoms with Crippen molar-refractivity contribution in [2.24, 2.45) is 5.41 Å². The summed E-state index contributed by atoms with van der Waals surface area (Å²) in [4.78, 5) is 28.2. The molecule has 0 unspecified atom stereocenters. The molecule has 1 aromatic carbocycles. The highest BCUT2D eigenvalue weighted by molar-refractivity contribution is 5.95. The number of hydrogen-bond acceptors (Lipinski definition) is 4. The Bertz CT molecular complexity index is 698. The number of nitrogens with one attached hydrogen (secondary N) is 1.